The van der Waals surface area contributed by atoms with Crippen LogP contribution in [0.5, 0.6) is 0 Å². The number of benzene rings is 1. The van der Waals surface area contributed by atoms with Gasteiger partial charge in [-0.2, -0.15) is 13.2 Å². The molecule has 5 nitrogen and oxygen atoms in total. The van der Waals surface area contributed by atoms with Crippen LogP contribution in [0.2, 0.25) is 0 Å². The molecular formula is C14H16F3N3O2. The number of aryl methyl sites for hydroxylation is 1. The molecule has 1 saturated heterocycles. The standard InChI is InChI=1S/C14H16F3N3O2/c1-10-2-3-12(11(8-10)14(15,16)17)20-6-4-19(5-7-20)9-13(21)18-22/h2-3,8H,4-7,9H2,1H3. The zero-order chi connectivity index (χ0) is 16.3. The van der Waals surface area contributed by atoms with E-state index in [0.29, 0.717) is 31.7 Å². The fourth-order valence-electron chi connectivity index (χ4n) is 2.52. The van der Waals surface area contributed by atoms with Crippen LogP contribution in [0.15, 0.2) is 23.4 Å². The van der Waals surface area contributed by atoms with Gasteiger partial charge in [-0.3, -0.25) is 9.69 Å². The Bertz CT molecular complexity index is 567. The highest BCUT2D eigenvalue weighted by Crippen LogP contribution is 2.37. The fraction of sp³-hybridized carbons (Fsp3) is 0.500. The first-order valence-corrected chi connectivity index (χ1v) is 6.82. The van der Waals surface area contributed by atoms with Crippen molar-refractivity contribution >= 4 is 11.6 Å². The van der Waals surface area contributed by atoms with E-state index in [4.69, 9.17) is 0 Å². The van der Waals surface area contributed by atoms with E-state index in [-0.39, 0.29) is 12.2 Å². The molecule has 0 aromatic heterocycles. The van der Waals surface area contributed by atoms with E-state index in [1.807, 2.05) is 0 Å². The van der Waals surface area contributed by atoms with Gasteiger partial charge in [0, 0.05) is 37.0 Å². The maximum atomic E-state index is 13.1. The molecule has 0 atom stereocenters. The SMILES string of the molecule is Cc1ccc(N2CCN(CC(=O)N=O)CC2)c(C(F)(F)F)c1. The highest BCUT2D eigenvalue weighted by atomic mass is 19.4. The molecule has 1 fully saturated rings. The summed E-state index contributed by atoms with van der Waals surface area (Å²) < 4.78 is 39.4. The van der Waals surface area contributed by atoms with Gasteiger partial charge < -0.3 is 4.90 Å². The predicted octanol–water partition coefficient (Wildman–Crippen LogP) is 2.43. The number of rotatable bonds is 3. The maximum Gasteiger partial charge on any atom is 0.418 e. The third kappa shape index (κ3) is 3.82. The van der Waals surface area contributed by atoms with Gasteiger partial charge in [-0.25, -0.2) is 0 Å². The fourth-order valence-corrected chi connectivity index (χ4v) is 2.52. The van der Waals surface area contributed by atoms with Crippen molar-refractivity contribution in [3.05, 3.63) is 34.2 Å². The second-order valence-corrected chi connectivity index (χ2v) is 5.27. The zero-order valence-electron chi connectivity index (χ0n) is 12.1. The largest absolute Gasteiger partial charge is 0.418 e. The third-order valence-corrected chi connectivity index (χ3v) is 3.63. The summed E-state index contributed by atoms with van der Waals surface area (Å²) in [5.41, 5.74) is 0.0570. The second-order valence-electron chi connectivity index (χ2n) is 5.27. The normalized spacial score (nSPS) is 16.6. The number of piperazine rings is 1. The van der Waals surface area contributed by atoms with Crippen molar-refractivity contribution in [2.24, 2.45) is 5.18 Å². The Morgan fingerprint density at radius 3 is 2.41 bits per heavy atom. The molecule has 0 N–H and O–H groups in total. The van der Waals surface area contributed by atoms with Crippen LogP contribution in [-0.4, -0.2) is 43.5 Å². The molecule has 0 unspecified atom stereocenters. The molecule has 0 aliphatic carbocycles. The number of halogens is 3. The van der Waals surface area contributed by atoms with Gasteiger partial charge in [-0.1, -0.05) is 11.6 Å². The lowest BCUT2D eigenvalue weighted by molar-refractivity contribution is -0.137. The molecule has 22 heavy (non-hydrogen) atoms. The first-order chi connectivity index (χ1) is 10.3. The summed E-state index contributed by atoms with van der Waals surface area (Å²) in [6, 6.07) is 4.27. The summed E-state index contributed by atoms with van der Waals surface area (Å²) in [6.45, 7) is 3.07. The summed E-state index contributed by atoms with van der Waals surface area (Å²) in [7, 11) is 0. The highest BCUT2D eigenvalue weighted by molar-refractivity contribution is 5.78. The average Bonchev–Trinajstić information content (AvgIpc) is 2.47. The summed E-state index contributed by atoms with van der Waals surface area (Å²) in [4.78, 5) is 24.4. The minimum Gasteiger partial charge on any atom is -0.368 e. The summed E-state index contributed by atoms with van der Waals surface area (Å²) in [5.74, 6) is -0.764. The number of nitrogens with zero attached hydrogens (tertiary/aromatic N) is 3. The van der Waals surface area contributed by atoms with Gasteiger partial charge in [-0.15, -0.1) is 4.91 Å². The van der Waals surface area contributed by atoms with E-state index in [0.717, 1.165) is 6.07 Å². The summed E-state index contributed by atoms with van der Waals surface area (Å²) >= 11 is 0. The molecule has 1 aromatic carbocycles. The molecule has 2 rings (SSSR count). The average molecular weight is 315 g/mol. The van der Waals surface area contributed by atoms with E-state index in [9.17, 15) is 22.9 Å². The van der Waals surface area contributed by atoms with Gasteiger partial charge in [0.2, 0.25) is 0 Å². The first kappa shape index (κ1) is 16.4. The van der Waals surface area contributed by atoms with Crippen LogP contribution < -0.4 is 4.90 Å². The van der Waals surface area contributed by atoms with Gasteiger partial charge in [0.05, 0.1) is 12.1 Å². The highest BCUT2D eigenvalue weighted by Gasteiger charge is 2.35. The lowest BCUT2D eigenvalue weighted by atomic mass is 10.1. The third-order valence-electron chi connectivity index (χ3n) is 3.63. The molecule has 1 aliphatic rings. The number of hydrogen-bond donors (Lipinski definition) is 0. The van der Waals surface area contributed by atoms with E-state index < -0.39 is 17.6 Å². The summed E-state index contributed by atoms with van der Waals surface area (Å²) in [6.07, 6.45) is -4.41. The molecular weight excluding hydrogens is 299 g/mol. The van der Waals surface area contributed by atoms with E-state index in [1.165, 1.54) is 6.07 Å². The van der Waals surface area contributed by atoms with E-state index in [1.54, 1.807) is 22.8 Å². The molecule has 0 radical (unpaired) electrons. The van der Waals surface area contributed by atoms with Crippen molar-refractivity contribution in [2.75, 3.05) is 37.6 Å². The Hall–Kier alpha value is -1.96. The lowest BCUT2D eigenvalue weighted by Crippen LogP contribution is -2.48. The van der Waals surface area contributed by atoms with Crippen LogP contribution in [0.1, 0.15) is 11.1 Å². The van der Waals surface area contributed by atoms with Crippen molar-refractivity contribution in [1.29, 1.82) is 0 Å². The van der Waals surface area contributed by atoms with Crippen molar-refractivity contribution in [2.45, 2.75) is 13.1 Å². The van der Waals surface area contributed by atoms with Crippen LogP contribution in [0.25, 0.3) is 0 Å². The topological polar surface area (TPSA) is 53.0 Å². The lowest BCUT2D eigenvalue weighted by Gasteiger charge is -2.36. The monoisotopic (exact) mass is 315 g/mol. The molecule has 8 heteroatoms. The van der Waals surface area contributed by atoms with Crippen LogP contribution in [-0.2, 0) is 11.0 Å². The number of nitroso groups, excluding NO2 is 1. The minimum absolute atomic E-state index is 0.0859. The molecule has 1 aromatic rings. The molecule has 0 saturated carbocycles. The Balaban J connectivity index is 2.11. The Morgan fingerprint density at radius 1 is 1.23 bits per heavy atom. The summed E-state index contributed by atoms with van der Waals surface area (Å²) in [5, 5.41) is 2.32. The quantitative estimate of drug-likeness (QED) is 0.804. The smallest absolute Gasteiger partial charge is 0.368 e. The van der Waals surface area contributed by atoms with Gasteiger partial charge in [0.1, 0.15) is 0 Å². The Kier molecular flexibility index (Phi) is 4.80. The second kappa shape index (κ2) is 6.43. The predicted molar refractivity (Wildman–Crippen MR) is 75.6 cm³/mol. The minimum atomic E-state index is -4.41. The number of amides is 1. The number of carbonyl (C=O) groups excluding carboxylic acids is 1. The van der Waals surface area contributed by atoms with Crippen LogP contribution >= 0.6 is 0 Å². The Labute approximate surface area is 125 Å². The van der Waals surface area contributed by atoms with Crippen molar-refractivity contribution in [3.8, 4) is 0 Å². The first-order valence-electron chi connectivity index (χ1n) is 6.82. The van der Waals surface area contributed by atoms with Gasteiger partial charge in [0.25, 0.3) is 5.91 Å². The van der Waals surface area contributed by atoms with Crippen molar-refractivity contribution < 1.29 is 18.0 Å². The Morgan fingerprint density at radius 2 is 1.86 bits per heavy atom. The molecule has 120 valence electrons. The number of alkyl halides is 3. The van der Waals surface area contributed by atoms with Crippen LogP contribution in [0.3, 0.4) is 0 Å². The van der Waals surface area contributed by atoms with Gasteiger partial charge >= 0.3 is 6.18 Å². The molecule has 1 heterocycles. The van der Waals surface area contributed by atoms with E-state index in [2.05, 4.69) is 5.18 Å². The number of carbonyl (C=O) groups is 1. The maximum absolute atomic E-state index is 13.1. The van der Waals surface area contributed by atoms with Crippen molar-refractivity contribution in [3.63, 3.8) is 0 Å². The molecule has 0 bridgehead atoms. The van der Waals surface area contributed by atoms with Gasteiger partial charge in [0.15, 0.2) is 0 Å². The number of anilines is 1. The zero-order valence-corrected chi connectivity index (χ0v) is 12.1. The van der Waals surface area contributed by atoms with E-state index >= 15 is 0 Å². The number of hydrogen-bond acceptors (Lipinski definition) is 4. The molecule has 1 amide bonds. The van der Waals surface area contributed by atoms with Crippen LogP contribution in [0.4, 0.5) is 18.9 Å². The van der Waals surface area contributed by atoms with Crippen molar-refractivity contribution in [1.82, 2.24) is 4.90 Å². The molecule has 1 aliphatic heterocycles. The van der Waals surface area contributed by atoms with Gasteiger partial charge in [-0.05, 0) is 19.1 Å². The molecule has 0 spiro atoms. The van der Waals surface area contributed by atoms with Crippen LogP contribution in [0, 0.1) is 11.8 Å².